The number of nitrogens with one attached hydrogen (secondary N) is 3. The average Bonchev–Trinajstić information content (AvgIpc) is 3.00. The van der Waals surface area contributed by atoms with E-state index in [0.29, 0.717) is 5.56 Å². The van der Waals surface area contributed by atoms with Crippen LogP contribution in [0.2, 0.25) is 0 Å². The van der Waals surface area contributed by atoms with Crippen molar-refractivity contribution in [1.29, 1.82) is 0 Å². The Hall–Kier alpha value is -1.48. The Balaban J connectivity index is 2.15. The zero-order valence-electron chi connectivity index (χ0n) is 13.4. The van der Waals surface area contributed by atoms with Crippen molar-refractivity contribution in [1.82, 2.24) is 15.4 Å². The van der Waals surface area contributed by atoms with Gasteiger partial charge in [0, 0.05) is 31.8 Å². The highest BCUT2D eigenvalue weighted by molar-refractivity contribution is 7.89. The van der Waals surface area contributed by atoms with Crippen molar-refractivity contribution in [3.63, 3.8) is 0 Å². The molecule has 1 saturated heterocycles. The normalized spacial score (nSPS) is 18.1. The molecule has 1 atom stereocenters. The van der Waals surface area contributed by atoms with Gasteiger partial charge < -0.3 is 15.4 Å². The molecule has 2 rings (SSSR count). The number of carbonyl (C=O) groups excluding carboxylic acids is 1. The van der Waals surface area contributed by atoms with Crippen LogP contribution in [-0.4, -0.2) is 53.7 Å². The maximum absolute atomic E-state index is 12.4. The lowest BCUT2D eigenvalue weighted by Gasteiger charge is -2.14. The third kappa shape index (κ3) is 4.74. The van der Waals surface area contributed by atoms with Gasteiger partial charge in [0.15, 0.2) is 0 Å². The fourth-order valence-electron chi connectivity index (χ4n) is 2.42. The molecule has 0 aromatic heterocycles. The van der Waals surface area contributed by atoms with Crippen LogP contribution in [0.25, 0.3) is 0 Å². The number of amides is 1. The van der Waals surface area contributed by atoms with E-state index in [1.807, 2.05) is 0 Å². The summed E-state index contributed by atoms with van der Waals surface area (Å²) in [5, 5.41) is 6.11. The molecule has 1 aromatic carbocycles. The summed E-state index contributed by atoms with van der Waals surface area (Å²) in [5.74, 6) is -0.245. The second-order valence-corrected chi connectivity index (χ2v) is 7.30. The topological polar surface area (TPSA) is 96.5 Å². The van der Waals surface area contributed by atoms with E-state index >= 15 is 0 Å². The minimum absolute atomic E-state index is 0.0777. The molecule has 23 heavy (non-hydrogen) atoms. The SMILES string of the molecule is COCCNS(=O)(=O)c1ccc(C)c(C(=O)NC2CCNC2)c1. The summed E-state index contributed by atoms with van der Waals surface area (Å²) in [6.45, 7) is 3.87. The number of methoxy groups -OCH3 is 1. The highest BCUT2D eigenvalue weighted by Crippen LogP contribution is 2.16. The van der Waals surface area contributed by atoms with Crippen LogP contribution in [0.1, 0.15) is 22.3 Å². The molecule has 0 radical (unpaired) electrons. The van der Waals surface area contributed by atoms with Gasteiger partial charge in [0.1, 0.15) is 0 Å². The summed E-state index contributed by atoms with van der Waals surface area (Å²) in [6.07, 6.45) is 0.876. The first-order valence-corrected chi connectivity index (χ1v) is 9.03. The Morgan fingerprint density at radius 3 is 2.87 bits per heavy atom. The number of ether oxygens (including phenoxy) is 1. The lowest BCUT2D eigenvalue weighted by Crippen LogP contribution is -2.36. The van der Waals surface area contributed by atoms with E-state index in [-0.39, 0.29) is 30.0 Å². The van der Waals surface area contributed by atoms with E-state index in [4.69, 9.17) is 4.74 Å². The summed E-state index contributed by atoms with van der Waals surface area (Å²) in [4.78, 5) is 12.5. The molecule has 1 unspecified atom stereocenters. The number of sulfonamides is 1. The van der Waals surface area contributed by atoms with Gasteiger partial charge in [0.25, 0.3) is 5.91 Å². The van der Waals surface area contributed by atoms with Gasteiger partial charge >= 0.3 is 0 Å². The molecule has 3 N–H and O–H groups in total. The van der Waals surface area contributed by atoms with Gasteiger partial charge in [0.05, 0.1) is 11.5 Å². The Bertz CT molecular complexity index is 655. The molecular weight excluding hydrogens is 318 g/mol. The molecule has 0 saturated carbocycles. The minimum atomic E-state index is -3.65. The molecule has 7 nitrogen and oxygen atoms in total. The highest BCUT2D eigenvalue weighted by Gasteiger charge is 2.21. The van der Waals surface area contributed by atoms with E-state index in [9.17, 15) is 13.2 Å². The third-order valence-corrected chi connectivity index (χ3v) is 5.22. The lowest BCUT2D eigenvalue weighted by molar-refractivity contribution is 0.0939. The molecule has 128 valence electrons. The number of aryl methyl sites for hydroxylation is 1. The number of rotatable bonds is 7. The first kappa shape index (κ1) is 17.9. The Labute approximate surface area is 136 Å². The summed E-state index contributed by atoms with van der Waals surface area (Å²) in [5.41, 5.74) is 1.12. The Kier molecular flexibility index (Phi) is 6.11. The predicted molar refractivity (Wildman–Crippen MR) is 87.0 cm³/mol. The van der Waals surface area contributed by atoms with E-state index in [1.165, 1.54) is 19.2 Å². The molecule has 1 aromatic rings. The van der Waals surface area contributed by atoms with E-state index < -0.39 is 10.0 Å². The lowest BCUT2D eigenvalue weighted by atomic mass is 10.1. The van der Waals surface area contributed by atoms with Crippen LogP contribution in [0.15, 0.2) is 23.1 Å². The monoisotopic (exact) mass is 341 g/mol. The van der Waals surface area contributed by atoms with Gasteiger partial charge in [-0.15, -0.1) is 0 Å². The van der Waals surface area contributed by atoms with Crippen LogP contribution in [0.3, 0.4) is 0 Å². The average molecular weight is 341 g/mol. The second kappa shape index (κ2) is 7.87. The van der Waals surface area contributed by atoms with Crippen molar-refractivity contribution in [3.05, 3.63) is 29.3 Å². The fourth-order valence-corrected chi connectivity index (χ4v) is 3.45. The van der Waals surface area contributed by atoms with Crippen molar-refractivity contribution < 1.29 is 17.9 Å². The predicted octanol–water partition coefficient (Wildman–Crippen LogP) is 0.0114. The molecule has 0 spiro atoms. The van der Waals surface area contributed by atoms with Crippen LogP contribution < -0.4 is 15.4 Å². The standard InChI is InChI=1S/C15H23N3O4S/c1-11-3-4-13(23(20,21)17-7-8-22-2)9-14(11)15(19)18-12-5-6-16-10-12/h3-4,9,12,16-17H,5-8,10H2,1-2H3,(H,18,19). The van der Waals surface area contributed by atoms with Crippen molar-refractivity contribution >= 4 is 15.9 Å². The molecule has 1 fully saturated rings. The number of hydrogen-bond acceptors (Lipinski definition) is 5. The molecule has 0 aliphatic carbocycles. The fraction of sp³-hybridized carbons (Fsp3) is 0.533. The first-order chi connectivity index (χ1) is 10.9. The summed E-state index contributed by atoms with van der Waals surface area (Å²) < 4.78 is 31.7. The zero-order valence-corrected chi connectivity index (χ0v) is 14.2. The molecule has 0 bridgehead atoms. The molecule has 1 aliphatic heterocycles. The third-order valence-electron chi connectivity index (χ3n) is 3.76. The van der Waals surface area contributed by atoms with Crippen molar-refractivity contribution in [2.24, 2.45) is 0 Å². The number of benzene rings is 1. The molecule has 1 amide bonds. The smallest absolute Gasteiger partial charge is 0.251 e. The highest BCUT2D eigenvalue weighted by atomic mass is 32.2. The zero-order chi connectivity index (χ0) is 16.9. The van der Waals surface area contributed by atoms with Gasteiger partial charge in [-0.05, 0) is 37.6 Å². The summed E-state index contributed by atoms with van der Waals surface area (Å²) in [6, 6.07) is 4.65. The van der Waals surface area contributed by atoms with E-state index in [0.717, 1.165) is 25.1 Å². The minimum Gasteiger partial charge on any atom is -0.383 e. The molecule has 8 heteroatoms. The quantitative estimate of drug-likeness (QED) is 0.607. The van der Waals surface area contributed by atoms with Gasteiger partial charge in [-0.1, -0.05) is 6.07 Å². The molecular formula is C15H23N3O4S. The van der Waals surface area contributed by atoms with Crippen LogP contribution in [0.4, 0.5) is 0 Å². The van der Waals surface area contributed by atoms with Gasteiger partial charge in [-0.25, -0.2) is 13.1 Å². The maximum atomic E-state index is 12.4. The van der Waals surface area contributed by atoms with Gasteiger partial charge in [0.2, 0.25) is 10.0 Å². The Morgan fingerprint density at radius 2 is 2.22 bits per heavy atom. The van der Waals surface area contributed by atoms with Crippen LogP contribution in [0, 0.1) is 6.92 Å². The van der Waals surface area contributed by atoms with Crippen LogP contribution in [-0.2, 0) is 14.8 Å². The van der Waals surface area contributed by atoms with Gasteiger partial charge in [-0.2, -0.15) is 0 Å². The second-order valence-electron chi connectivity index (χ2n) is 5.53. The number of hydrogen-bond donors (Lipinski definition) is 3. The van der Waals surface area contributed by atoms with Crippen molar-refractivity contribution in [2.45, 2.75) is 24.3 Å². The van der Waals surface area contributed by atoms with Crippen molar-refractivity contribution in [2.75, 3.05) is 33.4 Å². The van der Waals surface area contributed by atoms with E-state index in [1.54, 1.807) is 13.0 Å². The maximum Gasteiger partial charge on any atom is 0.251 e. The number of carbonyl (C=O) groups is 1. The van der Waals surface area contributed by atoms with Crippen molar-refractivity contribution in [3.8, 4) is 0 Å². The van der Waals surface area contributed by atoms with Gasteiger partial charge in [-0.3, -0.25) is 4.79 Å². The largest absolute Gasteiger partial charge is 0.383 e. The molecule has 1 aliphatic rings. The molecule has 1 heterocycles. The van der Waals surface area contributed by atoms with E-state index in [2.05, 4.69) is 15.4 Å². The van der Waals surface area contributed by atoms with Crippen LogP contribution in [0.5, 0.6) is 0 Å². The first-order valence-electron chi connectivity index (χ1n) is 7.55. The Morgan fingerprint density at radius 1 is 1.43 bits per heavy atom. The summed E-state index contributed by atoms with van der Waals surface area (Å²) >= 11 is 0. The van der Waals surface area contributed by atoms with Crippen LogP contribution >= 0.6 is 0 Å². The summed E-state index contributed by atoms with van der Waals surface area (Å²) in [7, 11) is -2.15.